The predicted molar refractivity (Wildman–Crippen MR) is 119 cm³/mol. The first-order valence-corrected chi connectivity index (χ1v) is 11.3. The second kappa shape index (κ2) is 9.00. The van der Waals surface area contributed by atoms with Gasteiger partial charge < -0.3 is 14.4 Å². The zero-order valence-electron chi connectivity index (χ0n) is 18.1. The highest BCUT2D eigenvalue weighted by Crippen LogP contribution is 2.37. The zero-order chi connectivity index (χ0) is 22.0. The molecule has 0 aliphatic carbocycles. The highest BCUT2D eigenvalue weighted by Gasteiger charge is 2.44. The summed E-state index contributed by atoms with van der Waals surface area (Å²) in [5, 5.41) is 8.29. The van der Waals surface area contributed by atoms with Gasteiger partial charge in [-0.15, -0.1) is 0 Å². The second-order valence-corrected chi connectivity index (χ2v) is 8.85. The van der Waals surface area contributed by atoms with Gasteiger partial charge in [-0.1, -0.05) is 24.3 Å². The molecule has 3 aromatic rings. The van der Waals surface area contributed by atoms with Crippen LogP contribution in [0.15, 0.2) is 48.7 Å². The number of nitrogens with one attached hydrogen (secondary N) is 1. The van der Waals surface area contributed by atoms with E-state index in [0.29, 0.717) is 52.4 Å². The number of carbonyl (C=O) groups excluding carboxylic acids is 1. The van der Waals surface area contributed by atoms with Gasteiger partial charge in [-0.05, 0) is 48.6 Å². The van der Waals surface area contributed by atoms with Crippen molar-refractivity contribution in [1.29, 1.82) is 0 Å². The molecule has 2 aliphatic rings. The van der Waals surface area contributed by atoms with Gasteiger partial charge in [0.1, 0.15) is 5.82 Å². The van der Waals surface area contributed by atoms with Crippen molar-refractivity contribution in [3.05, 3.63) is 65.6 Å². The number of aromatic nitrogens is 2. The van der Waals surface area contributed by atoms with Gasteiger partial charge in [0.25, 0.3) is 0 Å². The summed E-state index contributed by atoms with van der Waals surface area (Å²) in [4.78, 5) is 15.9. The van der Waals surface area contributed by atoms with E-state index >= 15 is 0 Å². The van der Waals surface area contributed by atoms with E-state index < -0.39 is 5.41 Å². The summed E-state index contributed by atoms with van der Waals surface area (Å²) < 4.78 is 25.6. The molecule has 0 saturated carbocycles. The van der Waals surface area contributed by atoms with Crippen LogP contribution in [-0.2, 0) is 26.1 Å². The molecule has 32 heavy (non-hydrogen) atoms. The van der Waals surface area contributed by atoms with Gasteiger partial charge in [-0.3, -0.25) is 9.89 Å². The number of nitrogens with zero attached hydrogens (tertiary/aromatic N) is 2. The van der Waals surface area contributed by atoms with Crippen LogP contribution in [0.3, 0.4) is 0 Å². The molecular formula is C25H28FN3O3. The van der Waals surface area contributed by atoms with Gasteiger partial charge in [0.15, 0.2) is 0 Å². The number of fused-ring (bicyclic) bond motifs is 1. The first-order chi connectivity index (χ1) is 15.7. The van der Waals surface area contributed by atoms with Crippen molar-refractivity contribution in [2.75, 3.05) is 39.5 Å². The van der Waals surface area contributed by atoms with E-state index in [4.69, 9.17) is 9.47 Å². The minimum absolute atomic E-state index is 0.0587. The third kappa shape index (κ3) is 4.02. The average molecular weight is 438 g/mol. The normalized spacial score (nSPS) is 21.4. The van der Waals surface area contributed by atoms with E-state index in [1.165, 1.54) is 17.7 Å². The lowest BCUT2D eigenvalue weighted by Gasteiger charge is -2.40. The number of carbonyl (C=O) groups is 1. The maximum atomic E-state index is 14.1. The largest absolute Gasteiger partial charge is 0.381 e. The molecular weight excluding hydrogens is 409 g/mol. The number of hydrogen-bond acceptors (Lipinski definition) is 4. The molecule has 2 aromatic carbocycles. The van der Waals surface area contributed by atoms with E-state index in [2.05, 4.69) is 16.3 Å². The topological polar surface area (TPSA) is 67.5 Å². The lowest BCUT2D eigenvalue weighted by molar-refractivity contribution is -0.141. The third-order valence-electron chi connectivity index (χ3n) is 6.84. The molecule has 3 heterocycles. The molecule has 168 valence electrons. The molecule has 2 saturated heterocycles. The first kappa shape index (κ1) is 21.1. The van der Waals surface area contributed by atoms with Gasteiger partial charge in [-0.2, -0.15) is 5.10 Å². The smallest absolute Gasteiger partial charge is 0.233 e. The summed E-state index contributed by atoms with van der Waals surface area (Å²) in [6, 6.07) is 12.6. The summed E-state index contributed by atoms with van der Waals surface area (Å²) >= 11 is 0. The maximum absolute atomic E-state index is 14.1. The van der Waals surface area contributed by atoms with Gasteiger partial charge in [0.05, 0.1) is 30.3 Å². The van der Waals surface area contributed by atoms with Gasteiger partial charge >= 0.3 is 0 Å². The number of ether oxygens (including phenoxy) is 2. The average Bonchev–Trinajstić information content (AvgIpc) is 3.19. The van der Waals surface area contributed by atoms with Gasteiger partial charge in [0, 0.05) is 37.6 Å². The number of rotatable bonds is 4. The molecule has 0 bridgehead atoms. The number of halogens is 1. The van der Waals surface area contributed by atoms with Gasteiger partial charge in [-0.25, -0.2) is 4.39 Å². The molecule has 1 aromatic heterocycles. The Balaban J connectivity index is 1.40. The van der Waals surface area contributed by atoms with E-state index in [-0.39, 0.29) is 17.6 Å². The summed E-state index contributed by atoms with van der Waals surface area (Å²) in [6.07, 6.45) is 3.78. The molecule has 2 aliphatic heterocycles. The molecule has 0 radical (unpaired) electrons. The van der Waals surface area contributed by atoms with Crippen LogP contribution in [0.1, 0.15) is 24.0 Å². The lowest BCUT2D eigenvalue weighted by Crippen LogP contribution is -2.51. The van der Waals surface area contributed by atoms with E-state index in [1.54, 1.807) is 6.07 Å². The Morgan fingerprint density at radius 1 is 1.16 bits per heavy atom. The number of aromatic amines is 1. The summed E-state index contributed by atoms with van der Waals surface area (Å²) in [5.41, 5.74) is 2.21. The summed E-state index contributed by atoms with van der Waals surface area (Å²) in [7, 11) is 0. The van der Waals surface area contributed by atoms with Gasteiger partial charge in [0.2, 0.25) is 5.91 Å². The Labute approximate surface area is 186 Å². The fourth-order valence-electron chi connectivity index (χ4n) is 5.14. The number of benzene rings is 2. The Hall–Kier alpha value is -2.77. The number of hydrogen-bond donors (Lipinski definition) is 1. The first-order valence-electron chi connectivity index (χ1n) is 11.3. The summed E-state index contributed by atoms with van der Waals surface area (Å²) in [5.74, 6) is -0.0822. The number of H-pyrrole nitrogens is 1. The Morgan fingerprint density at radius 2 is 2.00 bits per heavy atom. The Bertz CT molecular complexity index is 1090. The van der Waals surface area contributed by atoms with Crippen molar-refractivity contribution in [2.24, 2.45) is 5.92 Å². The summed E-state index contributed by atoms with van der Waals surface area (Å²) in [6.45, 7) is 3.27. The quantitative estimate of drug-likeness (QED) is 0.679. The van der Waals surface area contributed by atoms with Crippen LogP contribution in [-0.4, -0.2) is 60.5 Å². The molecule has 1 N–H and O–H groups in total. The van der Waals surface area contributed by atoms with Crippen LogP contribution in [0.4, 0.5) is 4.39 Å². The third-order valence-corrected chi connectivity index (χ3v) is 6.84. The van der Waals surface area contributed by atoms with Crippen molar-refractivity contribution in [3.63, 3.8) is 0 Å². The molecule has 5 rings (SSSR count). The fraction of sp³-hybridized carbons (Fsp3) is 0.440. The van der Waals surface area contributed by atoms with E-state index in [9.17, 15) is 9.18 Å². The van der Waals surface area contributed by atoms with Crippen molar-refractivity contribution in [2.45, 2.75) is 24.7 Å². The van der Waals surface area contributed by atoms with Crippen molar-refractivity contribution in [1.82, 2.24) is 15.1 Å². The molecule has 1 amide bonds. The monoisotopic (exact) mass is 437 g/mol. The van der Waals surface area contributed by atoms with E-state index in [0.717, 1.165) is 22.9 Å². The van der Waals surface area contributed by atoms with Crippen LogP contribution < -0.4 is 0 Å². The molecule has 1 atom stereocenters. The second-order valence-electron chi connectivity index (χ2n) is 8.85. The lowest BCUT2D eigenvalue weighted by atomic mass is 9.72. The fourth-order valence-corrected chi connectivity index (χ4v) is 5.14. The van der Waals surface area contributed by atoms with Crippen LogP contribution in [0.25, 0.3) is 10.9 Å². The minimum atomic E-state index is -0.750. The van der Waals surface area contributed by atoms with Crippen molar-refractivity contribution >= 4 is 16.8 Å². The highest BCUT2D eigenvalue weighted by molar-refractivity contribution is 5.88. The van der Waals surface area contributed by atoms with Crippen LogP contribution >= 0.6 is 0 Å². The maximum Gasteiger partial charge on any atom is 0.233 e. The van der Waals surface area contributed by atoms with Crippen LogP contribution in [0.5, 0.6) is 0 Å². The predicted octanol–water partition coefficient (Wildman–Crippen LogP) is 3.47. The Kier molecular flexibility index (Phi) is 5.93. The van der Waals surface area contributed by atoms with Crippen LogP contribution in [0.2, 0.25) is 0 Å². The highest BCUT2D eigenvalue weighted by atomic mass is 19.1. The standard InChI is InChI=1S/C25H28FN3O3/c26-21-5-2-4-20(14-21)25(7-10-31-11-8-25)24(30)29-9-12-32-17-18(16-29)13-19-3-1-6-23-22(19)15-27-28-23/h1-6,14-15,18H,7-13,16-17H2,(H,27,28)/t18-/m1/s1. The SMILES string of the molecule is O=C(N1CCOC[C@H](Cc2cccc3[nH]ncc23)C1)C1(c2cccc(F)c2)CCOCC1. The van der Waals surface area contributed by atoms with Crippen molar-refractivity contribution in [3.8, 4) is 0 Å². The number of amides is 1. The Morgan fingerprint density at radius 3 is 2.84 bits per heavy atom. The molecule has 0 spiro atoms. The molecule has 2 fully saturated rings. The van der Waals surface area contributed by atoms with Crippen LogP contribution in [0, 0.1) is 11.7 Å². The molecule has 7 heteroatoms. The van der Waals surface area contributed by atoms with Crippen molar-refractivity contribution < 1.29 is 18.7 Å². The van der Waals surface area contributed by atoms with E-state index in [1.807, 2.05) is 29.3 Å². The molecule has 0 unspecified atom stereocenters. The minimum Gasteiger partial charge on any atom is -0.381 e. The molecule has 6 nitrogen and oxygen atoms in total. The zero-order valence-corrected chi connectivity index (χ0v) is 18.1.